The summed E-state index contributed by atoms with van der Waals surface area (Å²) in [6.45, 7) is 14.7. The zero-order valence-corrected chi connectivity index (χ0v) is 13.6. The Balaban J connectivity index is 2.75. The Morgan fingerprint density at radius 1 is 1.05 bits per heavy atom. The normalized spacial score (nSPS) is 15.3. The van der Waals surface area contributed by atoms with Gasteiger partial charge in [-0.25, -0.2) is 0 Å². The van der Waals surface area contributed by atoms with Crippen LogP contribution in [-0.4, -0.2) is 12.6 Å². The minimum absolute atomic E-state index is 0.246. The van der Waals surface area contributed by atoms with E-state index < -0.39 is 0 Å². The summed E-state index contributed by atoms with van der Waals surface area (Å²) in [7, 11) is 0. The van der Waals surface area contributed by atoms with Crippen molar-refractivity contribution >= 4 is 0 Å². The van der Waals surface area contributed by atoms with Gasteiger partial charge in [0.15, 0.2) is 0 Å². The topological polar surface area (TPSA) is 12.0 Å². The quantitative estimate of drug-likeness (QED) is 0.792. The molecule has 2 unspecified atom stereocenters. The van der Waals surface area contributed by atoms with E-state index in [1.54, 1.807) is 0 Å². The number of benzene rings is 1. The molecule has 1 nitrogen and oxygen atoms in total. The molecule has 0 spiro atoms. The third kappa shape index (κ3) is 4.99. The second kappa shape index (κ2) is 7.09. The molecule has 0 aromatic heterocycles. The van der Waals surface area contributed by atoms with E-state index in [0.717, 1.165) is 18.9 Å². The Labute approximate surface area is 119 Å². The Bertz CT molecular complexity index is 358. The molecular formula is C18H31N. The van der Waals surface area contributed by atoms with Crippen molar-refractivity contribution in [3.63, 3.8) is 0 Å². The fourth-order valence-corrected chi connectivity index (χ4v) is 2.42. The van der Waals surface area contributed by atoms with Gasteiger partial charge in [0.05, 0.1) is 0 Å². The highest BCUT2D eigenvalue weighted by molar-refractivity contribution is 5.28. The first-order valence-electron chi connectivity index (χ1n) is 7.71. The summed E-state index contributed by atoms with van der Waals surface area (Å²) < 4.78 is 0. The Kier molecular flexibility index (Phi) is 6.06. The van der Waals surface area contributed by atoms with Gasteiger partial charge in [0.25, 0.3) is 0 Å². The van der Waals surface area contributed by atoms with Crippen molar-refractivity contribution in [3.8, 4) is 0 Å². The maximum absolute atomic E-state index is 3.63. The van der Waals surface area contributed by atoms with Crippen LogP contribution in [-0.2, 0) is 11.8 Å². The van der Waals surface area contributed by atoms with Crippen molar-refractivity contribution in [3.05, 3.63) is 35.4 Å². The molecule has 2 atom stereocenters. The average Bonchev–Trinajstić information content (AvgIpc) is 2.37. The van der Waals surface area contributed by atoms with E-state index in [9.17, 15) is 0 Å². The second-order valence-corrected chi connectivity index (χ2v) is 6.70. The third-order valence-electron chi connectivity index (χ3n) is 4.07. The molecule has 0 amide bonds. The van der Waals surface area contributed by atoms with Crippen LogP contribution in [0, 0.1) is 5.92 Å². The highest BCUT2D eigenvalue weighted by Gasteiger charge is 2.16. The van der Waals surface area contributed by atoms with Crippen LogP contribution in [0.5, 0.6) is 0 Å². The zero-order chi connectivity index (χ0) is 14.5. The van der Waals surface area contributed by atoms with Gasteiger partial charge < -0.3 is 5.32 Å². The van der Waals surface area contributed by atoms with E-state index in [0.29, 0.717) is 6.04 Å². The van der Waals surface area contributed by atoms with Gasteiger partial charge in [-0.2, -0.15) is 0 Å². The van der Waals surface area contributed by atoms with Crippen LogP contribution in [0.15, 0.2) is 24.3 Å². The fourth-order valence-electron chi connectivity index (χ4n) is 2.42. The minimum atomic E-state index is 0.246. The molecule has 1 aromatic carbocycles. The molecule has 0 saturated heterocycles. The molecule has 1 heteroatoms. The summed E-state index contributed by atoms with van der Waals surface area (Å²) in [6.07, 6.45) is 2.37. The van der Waals surface area contributed by atoms with Crippen LogP contribution in [0.2, 0.25) is 0 Å². The number of nitrogens with one attached hydrogen (secondary N) is 1. The van der Waals surface area contributed by atoms with Gasteiger partial charge in [-0.05, 0) is 35.4 Å². The van der Waals surface area contributed by atoms with Crippen LogP contribution >= 0.6 is 0 Å². The van der Waals surface area contributed by atoms with Crippen LogP contribution in [0.25, 0.3) is 0 Å². The molecule has 1 aromatic rings. The lowest BCUT2D eigenvalue weighted by Crippen LogP contribution is -2.36. The van der Waals surface area contributed by atoms with Gasteiger partial charge in [0.1, 0.15) is 0 Å². The molecule has 19 heavy (non-hydrogen) atoms. The molecule has 108 valence electrons. The van der Waals surface area contributed by atoms with Gasteiger partial charge in [-0.1, -0.05) is 72.2 Å². The van der Waals surface area contributed by atoms with Crippen LogP contribution < -0.4 is 5.32 Å². The van der Waals surface area contributed by atoms with E-state index in [2.05, 4.69) is 71.1 Å². The Hall–Kier alpha value is -0.820. The van der Waals surface area contributed by atoms with E-state index in [-0.39, 0.29) is 5.41 Å². The molecular weight excluding hydrogens is 230 g/mol. The standard InChI is InChI=1S/C18H31N/c1-7-14(3)17(19-8-2)13-15-9-11-16(12-10-15)18(4,5)6/h9-12,14,17,19H,7-8,13H2,1-6H3. The van der Waals surface area contributed by atoms with Crippen molar-refractivity contribution in [1.82, 2.24) is 5.32 Å². The van der Waals surface area contributed by atoms with E-state index in [1.807, 2.05) is 0 Å². The first-order chi connectivity index (χ1) is 8.88. The first-order valence-corrected chi connectivity index (χ1v) is 7.71. The molecule has 1 N–H and O–H groups in total. The Morgan fingerprint density at radius 2 is 1.63 bits per heavy atom. The lowest BCUT2D eigenvalue weighted by molar-refractivity contribution is 0.371. The highest BCUT2D eigenvalue weighted by Crippen LogP contribution is 2.23. The molecule has 0 aliphatic carbocycles. The monoisotopic (exact) mass is 261 g/mol. The lowest BCUT2D eigenvalue weighted by atomic mass is 9.85. The molecule has 0 fully saturated rings. The summed E-state index contributed by atoms with van der Waals surface area (Å²) in [5.41, 5.74) is 3.11. The van der Waals surface area contributed by atoms with Crippen molar-refractivity contribution in [2.24, 2.45) is 5.92 Å². The summed E-state index contributed by atoms with van der Waals surface area (Å²) in [5.74, 6) is 0.724. The number of likely N-dealkylation sites (N-methyl/N-ethyl adjacent to an activating group) is 1. The maximum Gasteiger partial charge on any atom is 0.0133 e. The second-order valence-electron chi connectivity index (χ2n) is 6.70. The zero-order valence-electron chi connectivity index (χ0n) is 13.6. The number of hydrogen-bond donors (Lipinski definition) is 1. The molecule has 0 saturated carbocycles. The van der Waals surface area contributed by atoms with Crippen molar-refractivity contribution < 1.29 is 0 Å². The number of rotatable bonds is 6. The summed E-state index contributed by atoms with van der Waals surface area (Å²) >= 11 is 0. The highest BCUT2D eigenvalue weighted by atomic mass is 14.9. The van der Waals surface area contributed by atoms with E-state index in [1.165, 1.54) is 17.5 Å². The van der Waals surface area contributed by atoms with Gasteiger partial charge in [-0.3, -0.25) is 0 Å². The summed E-state index contributed by atoms with van der Waals surface area (Å²) in [6, 6.07) is 9.76. The van der Waals surface area contributed by atoms with E-state index in [4.69, 9.17) is 0 Å². The largest absolute Gasteiger partial charge is 0.314 e. The SMILES string of the molecule is CCNC(Cc1ccc(C(C)(C)C)cc1)C(C)CC. The Morgan fingerprint density at radius 3 is 2.05 bits per heavy atom. The molecule has 0 aliphatic rings. The molecule has 0 aliphatic heterocycles. The molecule has 0 radical (unpaired) electrons. The van der Waals surface area contributed by atoms with Crippen molar-refractivity contribution in [2.45, 2.75) is 65.8 Å². The van der Waals surface area contributed by atoms with Gasteiger partial charge >= 0.3 is 0 Å². The minimum Gasteiger partial charge on any atom is -0.314 e. The van der Waals surface area contributed by atoms with Gasteiger partial charge in [-0.15, -0.1) is 0 Å². The first kappa shape index (κ1) is 16.2. The smallest absolute Gasteiger partial charge is 0.0133 e. The van der Waals surface area contributed by atoms with Crippen LogP contribution in [0.4, 0.5) is 0 Å². The summed E-state index contributed by atoms with van der Waals surface area (Å²) in [4.78, 5) is 0. The van der Waals surface area contributed by atoms with Crippen LogP contribution in [0.3, 0.4) is 0 Å². The lowest BCUT2D eigenvalue weighted by Gasteiger charge is -2.25. The van der Waals surface area contributed by atoms with Gasteiger partial charge in [0, 0.05) is 6.04 Å². The predicted octanol–water partition coefficient (Wildman–Crippen LogP) is 4.55. The molecule has 0 bridgehead atoms. The van der Waals surface area contributed by atoms with E-state index >= 15 is 0 Å². The molecule has 0 heterocycles. The average molecular weight is 261 g/mol. The molecule has 1 rings (SSSR count). The number of hydrogen-bond acceptors (Lipinski definition) is 1. The van der Waals surface area contributed by atoms with Crippen LogP contribution in [0.1, 0.15) is 59.1 Å². The van der Waals surface area contributed by atoms with Crippen molar-refractivity contribution in [1.29, 1.82) is 0 Å². The maximum atomic E-state index is 3.63. The summed E-state index contributed by atoms with van der Waals surface area (Å²) in [5, 5.41) is 3.63. The van der Waals surface area contributed by atoms with Crippen molar-refractivity contribution in [2.75, 3.05) is 6.54 Å². The third-order valence-corrected chi connectivity index (χ3v) is 4.07. The fraction of sp³-hybridized carbons (Fsp3) is 0.667. The predicted molar refractivity (Wildman–Crippen MR) is 85.8 cm³/mol. The van der Waals surface area contributed by atoms with Gasteiger partial charge in [0.2, 0.25) is 0 Å².